The Balaban J connectivity index is 1.84. The number of carbonyl (C=O) groups is 2. The minimum Gasteiger partial charge on any atom is -0.325 e. The molecule has 132 valence electrons. The normalized spacial score (nSPS) is 10.6. The van der Waals surface area contributed by atoms with E-state index in [1.165, 1.54) is 23.1 Å². The number of hydrogen-bond donors (Lipinski definition) is 2. The summed E-state index contributed by atoms with van der Waals surface area (Å²) in [5, 5.41) is 6.01. The van der Waals surface area contributed by atoms with Crippen LogP contribution in [-0.2, 0) is 9.59 Å². The number of likely N-dealkylation sites (N-methyl/N-ethyl adjacent to an activating group) is 1. The fraction of sp³-hybridized carbons (Fsp3) is 0.176. The van der Waals surface area contributed by atoms with Gasteiger partial charge < -0.3 is 10.6 Å². The molecular weight excluding hydrogens is 368 g/mol. The van der Waals surface area contributed by atoms with Crippen LogP contribution in [0.1, 0.15) is 0 Å². The second-order valence-electron chi connectivity index (χ2n) is 5.40. The van der Waals surface area contributed by atoms with Crippen LogP contribution in [0.4, 0.5) is 15.8 Å². The lowest BCUT2D eigenvalue weighted by Crippen LogP contribution is -2.36. The molecule has 0 aliphatic carbocycles. The van der Waals surface area contributed by atoms with Crippen LogP contribution >= 0.6 is 23.2 Å². The summed E-state index contributed by atoms with van der Waals surface area (Å²) in [5.41, 5.74) is 0.755. The Hall–Kier alpha value is -2.15. The van der Waals surface area contributed by atoms with Gasteiger partial charge in [0.2, 0.25) is 11.8 Å². The molecule has 2 N–H and O–H groups in total. The SMILES string of the molecule is CN(CC(=O)Nc1cccc(F)c1)CC(=O)Nc1cc(Cl)ccc1Cl. The van der Waals surface area contributed by atoms with Gasteiger partial charge in [-0.1, -0.05) is 29.3 Å². The summed E-state index contributed by atoms with van der Waals surface area (Å²) < 4.78 is 13.1. The van der Waals surface area contributed by atoms with E-state index in [1.807, 2.05) is 0 Å². The molecular formula is C17H16Cl2FN3O2. The quantitative estimate of drug-likeness (QED) is 0.800. The van der Waals surface area contributed by atoms with E-state index < -0.39 is 5.82 Å². The Kier molecular flexibility index (Phi) is 6.75. The van der Waals surface area contributed by atoms with Crippen LogP contribution in [-0.4, -0.2) is 36.9 Å². The van der Waals surface area contributed by atoms with Gasteiger partial charge in [0.15, 0.2) is 0 Å². The fourth-order valence-electron chi connectivity index (χ4n) is 2.10. The lowest BCUT2D eigenvalue weighted by molar-refractivity contribution is -0.119. The second-order valence-corrected chi connectivity index (χ2v) is 6.25. The van der Waals surface area contributed by atoms with Crippen molar-refractivity contribution in [3.63, 3.8) is 0 Å². The molecule has 0 radical (unpaired) electrons. The highest BCUT2D eigenvalue weighted by Gasteiger charge is 2.12. The highest BCUT2D eigenvalue weighted by Crippen LogP contribution is 2.25. The van der Waals surface area contributed by atoms with Crippen molar-refractivity contribution >= 4 is 46.4 Å². The maximum Gasteiger partial charge on any atom is 0.238 e. The molecule has 25 heavy (non-hydrogen) atoms. The zero-order valence-electron chi connectivity index (χ0n) is 13.4. The number of nitrogens with zero attached hydrogens (tertiary/aromatic N) is 1. The molecule has 0 unspecified atom stereocenters. The molecule has 0 atom stereocenters. The van der Waals surface area contributed by atoms with Gasteiger partial charge in [0.25, 0.3) is 0 Å². The third-order valence-corrected chi connectivity index (χ3v) is 3.70. The average molecular weight is 384 g/mol. The third-order valence-electron chi connectivity index (χ3n) is 3.14. The zero-order chi connectivity index (χ0) is 18.4. The van der Waals surface area contributed by atoms with Crippen LogP contribution in [0.3, 0.4) is 0 Å². The van der Waals surface area contributed by atoms with E-state index in [0.29, 0.717) is 21.4 Å². The van der Waals surface area contributed by atoms with E-state index in [2.05, 4.69) is 10.6 Å². The maximum absolute atomic E-state index is 13.1. The Morgan fingerprint density at radius 3 is 2.40 bits per heavy atom. The first kappa shape index (κ1) is 19.2. The first-order valence-electron chi connectivity index (χ1n) is 7.32. The van der Waals surface area contributed by atoms with E-state index in [1.54, 1.807) is 31.3 Å². The number of carbonyl (C=O) groups excluding carboxylic acids is 2. The molecule has 0 saturated carbocycles. The topological polar surface area (TPSA) is 61.4 Å². The molecule has 0 fully saturated rings. The van der Waals surface area contributed by atoms with Gasteiger partial charge in [-0.2, -0.15) is 0 Å². The lowest BCUT2D eigenvalue weighted by Gasteiger charge is -2.16. The summed E-state index contributed by atoms with van der Waals surface area (Å²) in [4.78, 5) is 25.5. The van der Waals surface area contributed by atoms with E-state index in [4.69, 9.17) is 23.2 Å². The molecule has 8 heteroatoms. The Morgan fingerprint density at radius 1 is 1.04 bits per heavy atom. The van der Waals surface area contributed by atoms with Crippen molar-refractivity contribution in [3.8, 4) is 0 Å². The Morgan fingerprint density at radius 2 is 1.72 bits per heavy atom. The van der Waals surface area contributed by atoms with Crippen LogP contribution in [0, 0.1) is 5.82 Å². The van der Waals surface area contributed by atoms with Crippen molar-refractivity contribution in [2.45, 2.75) is 0 Å². The predicted octanol–water partition coefficient (Wildman–Crippen LogP) is 3.64. The molecule has 0 aromatic heterocycles. The molecule has 0 heterocycles. The third kappa shape index (κ3) is 6.34. The maximum atomic E-state index is 13.1. The van der Waals surface area contributed by atoms with Crippen LogP contribution in [0.25, 0.3) is 0 Å². The number of hydrogen-bond acceptors (Lipinski definition) is 3. The molecule has 2 amide bonds. The molecule has 0 aliphatic rings. The standard InChI is InChI=1S/C17H16Cl2FN3O2/c1-23(9-16(24)21-13-4-2-3-12(20)8-13)10-17(25)22-15-7-11(18)5-6-14(15)19/h2-8H,9-10H2,1H3,(H,21,24)(H,22,25). The zero-order valence-corrected chi connectivity index (χ0v) is 14.9. The smallest absolute Gasteiger partial charge is 0.238 e. The van der Waals surface area contributed by atoms with Gasteiger partial charge in [-0.05, 0) is 43.4 Å². The van der Waals surface area contributed by atoms with Crippen molar-refractivity contribution in [3.05, 3.63) is 58.3 Å². The number of rotatable bonds is 6. The Labute approximate surface area is 154 Å². The van der Waals surface area contributed by atoms with E-state index in [-0.39, 0.29) is 24.9 Å². The lowest BCUT2D eigenvalue weighted by atomic mass is 10.3. The summed E-state index contributed by atoms with van der Waals surface area (Å²) >= 11 is 11.8. The monoisotopic (exact) mass is 383 g/mol. The highest BCUT2D eigenvalue weighted by atomic mass is 35.5. The van der Waals surface area contributed by atoms with Gasteiger partial charge in [0, 0.05) is 10.7 Å². The number of amides is 2. The number of benzene rings is 2. The van der Waals surface area contributed by atoms with Gasteiger partial charge in [-0.15, -0.1) is 0 Å². The van der Waals surface area contributed by atoms with Gasteiger partial charge >= 0.3 is 0 Å². The summed E-state index contributed by atoms with van der Waals surface area (Å²) in [5.74, 6) is -1.14. The molecule has 5 nitrogen and oxygen atoms in total. The fourth-order valence-corrected chi connectivity index (χ4v) is 2.43. The average Bonchev–Trinajstić information content (AvgIpc) is 2.50. The van der Waals surface area contributed by atoms with Crippen LogP contribution in [0.2, 0.25) is 10.0 Å². The van der Waals surface area contributed by atoms with E-state index in [9.17, 15) is 14.0 Å². The van der Waals surface area contributed by atoms with Crippen LogP contribution in [0.15, 0.2) is 42.5 Å². The first-order chi connectivity index (χ1) is 11.8. The van der Waals surface area contributed by atoms with Gasteiger partial charge in [0.05, 0.1) is 23.8 Å². The van der Waals surface area contributed by atoms with Crippen molar-refractivity contribution in [1.29, 1.82) is 0 Å². The molecule has 0 aliphatic heterocycles. The van der Waals surface area contributed by atoms with Crippen LogP contribution < -0.4 is 10.6 Å². The number of nitrogens with one attached hydrogen (secondary N) is 2. The molecule has 0 saturated heterocycles. The molecule has 2 rings (SSSR count). The van der Waals surface area contributed by atoms with Crippen molar-refractivity contribution in [1.82, 2.24) is 4.90 Å². The van der Waals surface area contributed by atoms with Gasteiger partial charge in [-0.3, -0.25) is 14.5 Å². The molecule has 2 aromatic rings. The van der Waals surface area contributed by atoms with E-state index in [0.717, 1.165) is 0 Å². The summed E-state index contributed by atoms with van der Waals surface area (Å²) in [6.45, 7) is -0.0629. The second kappa shape index (κ2) is 8.80. The number of halogens is 3. The minimum absolute atomic E-state index is 0.0284. The Bertz CT molecular complexity index is 786. The van der Waals surface area contributed by atoms with E-state index >= 15 is 0 Å². The largest absolute Gasteiger partial charge is 0.325 e. The summed E-state index contributed by atoms with van der Waals surface area (Å²) in [6.07, 6.45) is 0. The van der Waals surface area contributed by atoms with Gasteiger partial charge in [0.1, 0.15) is 5.82 Å². The summed E-state index contributed by atoms with van der Waals surface area (Å²) in [6, 6.07) is 10.3. The summed E-state index contributed by atoms with van der Waals surface area (Å²) in [7, 11) is 1.62. The highest BCUT2D eigenvalue weighted by molar-refractivity contribution is 6.35. The molecule has 0 bridgehead atoms. The van der Waals surface area contributed by atoms with Crippen molar-refractivity contribution < 1.29 is 14.0 Å². The number of anilines is 2. The first-order valence-corrected chi connectivity index (χ1v) is 8.08. The minimum atomic E-state index is -0.441. The molecule has 2 aromatic carbocycles. The van der Waals surface area contributed by atoms with Crippen LogP contribution in [0.5, 0.6) is 0 Å². The van der Waals surface area contributed by atoms with Crippen molar-refractivity contribution in [2.24, 2.45) is 0 Å². The van der Waals surface area contributed by atoms with Crippen molar-refractivity contribution in [2.75, 3.05) is 30.8 Å². The van der Waals surface area contributed by atoms with Gasteiger partial charge in [-0.25, -0.2) is 4.39 Å². The predicted molar refractivity (Wildman–Crippen MR) is 97.6 cm³/mol. The molecule has 0 spiro atoms.